The number of nitrogens with zero attached hydrogens (tertiary/aromatic N) is 2. The highest BCUT2D eigenvalue weighted by atomic mass is 16.5. The highest BCUT2D eigenvalue weighted by Gasteiger charge is 2.48. The Morgan fingerprint density at radius 1 is 1.03 bits per heavy atom. The van der Waals surface area contributed by atoms with Crippen molar-refractivity contribution in [2.45, 2.75) is 26.3 Å². The van der Waals surface area contributed by atoms with Gasteiger partial charge in [0.15, 0.2) is 11.5 Å². The van der Waals surface area contributed by atoms with Crippen molar-refractivity contribution in [1.82, 2.24) is 9.97 Å². The molecule has 3 aromatic carbocycles. The molecule has 1 atom stereocenters. The van der Waals surface area contributed by atoms with Gasteiger partial charge in [0.25, 0.3) is 5.78 Å². The molecule has 0 spiro atoms. The number of rotatable bonds is 7. The first-order valence-corrected chi connectivity index (χ1v) is 12.1. The largest absolute Gasteiger partial charge is 0.507 e. The number of aromatic amines is 1. The molecule has 8 heteroatoms. The lowest BCUT2D eigenvalue weighted by Crippen LogP contribution is -2.30. The number of benzene rings is 3. The van der Waals surface area contributed by atoms with E-state index < -0.39 is 17.7 Å². The number of aliphatic hydroxyl groups excluding tert-OH is 1. The number of ether oxygens (including phenoxy) is 2. The van der Waals surface area contributed by atoms with E-state index in [9.17, 15) is 14.7 Å². The van der Waals surface area contributed by atoms with Gasteiger partial charge in [0.05, 0.1) is 36.4 Å². The number of methoxy groups -OCH3 is 1. The smallest absolute Gasteiger partial charge is 0.302 e. The Labute approximate surface area is 214 Å². The summed E-state index contributed by atoms with van der Waals surface area (Å²) in [5.41, 5.74) is 3.45. The number of Topliss-reactive ketones (excluding diaryl/α,β-unsaturated/α-hetero) is 1. The van der Waals surface area contributed by atoms with Crippen LogP contribution in [0.2, 0.25) is 0 Å². The Kier molecular flexibility index (Phi) is 6.40. The molecule has 1 fully saturated rings. The normalized spacial score (nSPS) is 16.9. The number of hydrogen-bond acceptors (Lipinski definition) is 6. The zero-order chi connectivity index (χ0) is 26.1. The molecule has 188 valence electrons. The minimum absolute atomic E-state index is 0.0256. The summed E-state index contributed by atoms with van der Waals surface area (Å²) in [7, 11) is 1.54. The monoisotopic (exact) mass is 497 g/mol. The number of anilines is 1. The van der Waals surface area contributed by atoms with Crippen LogP contribution in [0.1, 0.15) is 36.6 Å². The van der Waals surface area contributed by atoms with E-state index in [1.165, 1.54) is 12.0 Å². The molecule has 1 amide bonds. The fourth-order valence-electron chi connectivity index (χ4n) is 4.61. The number of carbonyl (C=O) groups is 2. The lowest BCUT2D eigenvalue weighted by atomic mass is 9.94. The van der Waals surface area contributed by atoms with E-state index in [4.69, 9.17) is 9.47 Å². The van der Waals surface area contributed by atoms with Gasteiger partial charge in [-0.3, -0.25) is 14.5 Å². The Balaban J connectivity index is 1.73. The van der Waals surface area contributed by atoms with Crippen LogP contribution in [0.15, 0.2) is 72.3 Å². The molecule has 1 aliphatic heterocycles. The maximum Gasteiger partial charge on any atom is 0.302 e. The van der Waals surface area contributed by atoms with Gasteiger partial charge >= 0.3 is 5.91 Å². The van der Waals surface area contributed by atoms with Crippen LogP contribution in [-0.2, 0) is 16.0 Å². The topological polar surface area (TPSA) is 105 Å². The number of aliphatic hydroxyl groups is 1. The van der Waals surface area contributed by atoms with Crippen molar-refractivity contribution in [3.05, 3.63) is 89.0 Å². The maximum absolute atomic E-state index is 13.5. The van der Waals surface area contributed by atoms with Crippen LogP contribution in [-0.4, -0.2) is 40.5 Å². The first-order valence-electron chi connectivity index (χ1n) is 12.1. The van der Waals surface area contributed by atoms with Crippen molar-refractivity contribution in [2.75, 3.05) is 18.6 Å². The molecule has 1 saturated heterocycles. The summed E-state index contributed by atoms with van der Waals surface area (Å²) in [5, 5.41) is 11.4. The molecule has 2 heterocycles. The molecule has 0 aliphatic carbocycles. The van der Waals surface area contributed by atoms with Crippen LogP contribution in [0.3, 0.4) is 0 Å². The van der Waals surface area contributed by atoms with E-state index in [1.54, 1.807) is 30.3 Å². The third-order valence-corrected chi connectivity index (χ3v) is 6.49. The number of hydrogen-bond donors (Lipinski definition) is 2. The number of para-hydroxylation sites is 2. The SMILES string of the molecule is CCOc1cc(C2/C(=C(\O)c3ccc(CC)cc3)C(=O)C(=O)N2c2nc3ccccc3[nH]2)ccc1OC. The molecular formula is C29H27N3O5. The van der Waals surface area contributed by atoms with Crippen LogP contribution >= 0.6 is 0 Å². The fraction of sp³-hybridized carbons (Fsp3) is 0.207. The summed E-state index contributed by atoms with van der Waals surface area (Å²) < 4.78 is 11.2. The lowest BCUT2D eigenvalue weighted by molar-refractivity contribution is -0.132. The molecule has 1 aliphatic rings. The number of H-pyrrole nitrogens is 1. The van der Waals surface area contributed by atoms with Gasteiger partial charge in [0.2, 0.25) is 5.95 Å². The fourth-order valence-corrected chi connectivity index (χ4v) is 4.61. The summed E-state index contributed by atoms with van der Waals surface area (Å²) in [6.07, 6.45) is 0.837. The van der Waals surface area contributed by atoms with Gasteiger partial charge < -0.3 is 19.6 Å². The van der Waals surface area contributed by atoms with Crippen molar-refractivity contribution < 1.29 is 24.2 Å². The van der Waals surface area contributed by atoms with Crippen LogP contribution in [0.25, 0.3) is 16.8 Å². The highest BCUT2D eigenvalue weighted by Crippen LogP contribution is 2.43. The molecule has 2 N–H and O–H groups in total. The predicted molar refractivity (Wildman–Crippen MR) is 141 cm³/mol. The van der Waals surface area contributed by atoms with Gasteiger partial charge in [-0.1, -0.05) is 49.4 Å². The zero-order valence-electron chi connectivity index (χ0n) is 20.8. The average Bonchev–Trinajstić information content (AvgIpc) is 3.46. The van der Waals surface area contributed by atoms with Gasteiger partial charge in [-0.05, 0) is 48.7 Å². The summed E-state index contributed by atoms with van der Waals surface area (Å²) >= 11 is 0. The summed E-state index contributed by atoms with van der Waals surface area (Å²) in [4.78, 5) is 35.9. The number of aromatic nitrogens is 2. The van der Waals surface area contributed by atoms with E-state index in [2.05, 4.69) is 9.97 Å². The van der Waals surface area contributed by atoms with Crippen molar-refractivity contribution in [3.63, 3.8) is 0 Å². The molecular weight excluding hydrogens is 470 g/mol. The van der Waals surface area contributed by atoms with Crippen molar-refractivity contribution in [3.8, 4) is 11.5 Å². The first kappa shape index (κ1) is 24.1. The number of nitrogens with one attached hydrogen (secondary N) is 1. The highest BCUT2D eigenvalue weighted by molar-refractivity contribution is 6.51. The van der Waals surface area contributed by atoms with E-state index in [-0.39, 0.29) is 17.3 Å². The summed E-state index contributed by atoms with van der Waals surface area (Å²) in [6.45, 7) is 4.29. The number of imidazole rings is 1. The van der Waals surface area contributed by atoms with E-state index in [1.807, 2.05) is 50.2 Å². The molecule has 1 unspecified atom stereocenters. The van der Waals surface area contributed by atoms with Crippen molar-refractivity contribution >= 4 is 34.4 Å². The molecule has 8 nitrogen and oxygen atoms in total. The van der Waals surface area contributed by atoms with Gasteiger partial charge in [0, 0.05) is 5.56 Å². The second kappa shape index (κ2) is 9.81. The zero-order valence-corrected chi connectivity index (χ0v) is 20.8. The molecule has 0 bridgehead atoms. The number of fused-ring (bicyclic) bond motifs is 1. The third-order valence-electron chi connectivity index (χ3n) is 6.49. The number of ketones is 1. The molecule has 4 aromatic rings. The van der Waals surface area contributed by atoms with Crippen LogP contribution in [0.4, 0.5) is 5.95 Å². The Bertz CT molecular complexity index is 1490. The minimum atomic E-state index is -0.948. The summed E-state index contributed by atoms with van der Waals surface area (Å²) in [5.74, 6) is -0.645. The van der Waals surface area contributed by atoms with Gasteiger partial charge in [0.1, 0.15) is 5.76 Å². The lowest BCUT2D eigenvalue weighted by Gasteiger charge is -2.24. The Morgan fingerprint density at radius 2 is 1.78 bits per heavy atom. The van der Waals surface area contributed by atoms with Crippen LogP contribution in [0, 0.1) is 0 Å². The average molecular weight is 498 g/mol. The van der Waals surface area contributed by atoms with Crippen LogP contribution < -0.4 is 14.4 Å². The number of amides is 1. The Morgan fingerprint density at radius 3 is 2.46 bits per heavy atom. The van der Waals surface area contributed by atoms with E-state index in [0.717, 1.165) is 17.5 Å². The first-order chi connectivity index (χ1) is 18.0. The Hall–Kier alpha value is -4.59. The van der Waals surface area contributed by atoms with E-state index >= 15 is 0 Å². The summed E-state index contributed by atoms with van der Waals surface area (Å²) in [6, 6.07) is 18.9. The molecule has 0 radical (unpaired) electrons. The number of aryl methyl sites for hydroxylation is 1. The van der Waals surface area contributed by atoms with Gasteiger partial charge in [-0.25, -0.2) is 4.98 Å². The van der Waals surface area contributed by atoms with Crippen molar-refractivity contribution in [1.29, 1.82) is 0 Å². The predicted octanol–water partition coefficient (Wildman–Crippen LogP) is 5.16. The molecule has 5 rings (SSSR count). The second-order valence-electron chi connectivity index (χ2n) is 8.64. The van der Waals surface area contributed by atoms with Gasteiger partial charge in [-0.15, -0.1) is 0 Å². The minimum Gasteiger partial charge on any atom is -0.507 e. The number of carbonyl (C=O) groups excluding carboxylic acids is 2. The molecule has 37 heavy (non-hydrogen) atoms. The standard InChI is InChI=1S/C29H27N3O5/c1-4-17-10-12-18(13-11-17)26(33)24-25(19-14-15-22(36-3)23(16-19)37-5-2)32(28(35)27(24)34)29-30-20-8-6-7-9-21(20)31-29/h6-16,25,33H,4-5H2,1-3H3,(H,30,31)/b26-24+. The second-order valence-corrected chi connectivity index (χ2v) is 8.64. The van der Waals surface area contributed by atoms with Crippen LogP contribution in [0.5, 0.6) is 11.5 Å². The molecule has 0 saturated carbocycles. The maximum atomic E-state index is 13.5. The third kappa shape index (κ3) is 4.20. The molecule has 1 aromatic heterocycles. The van der Waals surface area contributed by atoms with E-state index in [0.29, 0.717) is 34.7 Å². The quantitative estimate of drug-likeness (QED) is 0.208. The van der Waals surface area contributed by atoms with Gasteiger partial charge in [-0.2, -0.15) is 0 Å². The van der Waals surface area contributed by atoms with Crippen molar-refractivity contribution in [2.24, 2.45) is 0 Å².